The van der Waals surface area contributed by atoms with Crippen LogP contribution in [-0.2, 0) is 6.61 Å². The van der Waals surface area contributed by atoms with Gasteiger partial charge < -0.3 is 14.8 Å². The van der Waals surface area contributed by atoms with Gasteiger partial charge >= 0.3 is 0 Å². The number of rotatable bonds is 7. The van der Waals surface area contributed by atoms with Crippen LogP contribution in [0.2, 0.25) is 0 Å². The smallest absolute Gasteiger partial charge is 0.138 e. The highest BCUT2D eigenvalue weighted by Crippen LogP contribution is 2.19. The summed E-state index contributed by atoms with van der Waals surface area (Å²) in [6.07, 6.45) is 2.78. The Morgan fingerprint density at radius 1 is 1.19 bits per heavy atom. The van der Waals surface area contributed by atoms with Crippen LogP contribution in [0.25, 0.3) is 0 Å². The summed E-state index contributed by atoms with van der Waals surface area (Å²) in [5.74, 6) is 1.61. The first kappa shape index (κ1) is 15.3. The lowest BCUT2D eigenvalue weighted by Gasteiger charge is -2.13. The number of benzene rings is 1. The zero-order chi connectivity index (χ0) is 15.1. The molecule has 21 heavy (non-hydrogen) atoms. The molecule has 0 saturated heterocycles. The SMILES string of the molecule is CCC(NC)c1ccc(OCc2cccc(OC)c2)cn1. The van der Waals surface area contributed by atoms with Crippen molar-refractivity contribution < 1.29 is 9.47 Å². The largest absolute Gasteiger partial charge is 0.497 e. The van der Waals surface area contributed by atoms with Gasteiger partial charge in [0.1, 0.15) is 18.1 Å². The normalized spacial score (nSPS) is 12.0. The number of nitrogens with zero attached hydrogens (tertiary/aromatic N) is 1. The van der Waals surface area contributed by atoms with Crippen LogP contribution >= 0.6 is 0 Å². The maximum Gasteiger partial charge on any atom is 0.138 e. The standard InChI is InChI=1S/C17H22N2O2/c1-4-16(18-2)17-9-8-15(11-19-17)21-12-13-6-5-7-14(10-13)20-3/h5-11,16,18H,4,12H2,1-3H3. The van der Waals surface area contributed by atoms with E-state index in [0.29, 0.717) is 6.61 Å². The minimum absolute atomic E-state index is 0.289. The van der Waals surface area contributed by atoms with Gasteiger partial charge in [-0.3, -0.25) is 4.98 Å². The summed E-state index contributed by atoms with van der Waals surface area (Å²) >= 11 is 0. The van der Waals surface area contributed by atoms with Gasteiger partial charge in [0.2, 0.25) is 0 Å². The van der Waals surface area contributed by atoms with Gasteiger partial charge in [-0.1, -0.05) is 19.1 Å². The number of pyridine rings is 1. The Balaban J connectivity index is 1.97. The van der Waals surface area contributed by atoms with Crippen LogP contribution in [0.4, 0.5) is 0 Å². The van der Waals surface area contributed by atoms with Crippen LogP contribution in [0.3, 0.4) is 0 Å². The molecule has 0 aliphatic rings. The van der Waals surface area contributed by atoms with E-state index in [1.165, 1.54) is 0 Å². The molecule has 0 saturated carbocycles. The molecule has 0 fully saturated rings. The van der Waals surface area contributed by atoms with Crippen molar-refractivity contribution in [3.8, 4) is 11.5 Å². The second-order valence-corrected chi connectivity index (χ2v) is 4.81. The van der Waals surface area contributed by atoms with Gasteiger partial charge in [-0.2, -0.15) is 0 Å². The monoisotopic (exact) mass is 286 g/mol. The fourth-order valence-corrected chi connectivity index (χ4v) is 2.17. The van der Waals surface area contributed by atoms with Crippen LogP contribution in [-0.4, -0.2) is 19.1 Å². The lowest BCUT2D eigenvalue weighted by Crippen LogP contribution is -2.16. The average molecular weight is 286 g/mol. The lowest BCUT2D eigenvalue weighted by molar-refractivity contribution is 0.303. The molecule has 0 bridgehead atoms. The van der Waals surface area contributed by atoms with Crippen molar-refractivity contribution in [2.45, 2.75) is 26.0 Å². The molecule has 4 heteroatoms. The number of aromatic nitrogens is 1. The van der Waals surface area contributed by atoms with Gasteiger partial charge in [-0.05, 0) is 43.3 Å². The Bertz CT molecular complexity index is 551. The first-order valence-corrected chi connectivity index (χ1v) is 7.15. The molecule has 1 atom stereocenters. The summed E-state index contributed by atoms with van der Waals surface area (Å²) in [6.45, 7) is 2.64. The summed E-state index contributed by atoms with van der Waals surface area (Å²) in [5.41, 5.74) is 2.11. The molecule has 1 aromatic heterocycles. The molecule has 112 valence electrons. The highest BCUT2D eigenvalue weighted by molar-refractivity contribution is 5.29. The number of ether oxygens (including phenoxy) is 2. The molecule has 0 amide bonds. The van der Waals surface area contributed by atoms with Crippen LogP contribution in [0.15, 0.2) is 42.6 Å². The van der Waals surface area contributed by atoms with Crippen molar-refractivity contribution >= 4 is 0 Å². The molecule has 1 heterocycles. The third-order valence-corrected chi connectivity index (χ3v) is 3.41. The maximum absolute atomic E-state index is 5.76. The Labute approximate surface area is 126 Å². The number of hydrogen-bond donors (Lipinski definition) is 1. The molecular weight excluding hydrogens is 264 g/mol. The lowest BCUT2D eigenvalue weighted by atomic mass is 10.1. The zero-order valence-electron chi connectivity index (χ0n) is 12.8. The van der Waals surface area contributed by atoms with E-state index in [9.17, 15) is 0 Å². The molecule has 1 unspecified atom stereocenters. The number of methoxy groups -OCH3 is 1. The molecule has 4 nitrogen and oxygen atoms in total. The summed E-state index contributed by atoms with van der Waals surface area (Å²) in [4.78, 5) is 4.45. The molecule has 2 rings (SSSR count). The van der Waals surface area contributed by atoms with Gasteiger partial charge in [0.25, 0.3) is 0 Å². The molecule has 0 aliphatic carbocycles. The van der Waals surface area contributed by atoms with Crippen LogP contribution in [0, 0.1) is 0 Å². The predicted molar refractivity (Wildman–Crippen MR) is 83.7 cm³/mol. The second kappa shape index (κ2) is 7.64. The fraction of sp³-hybridized carbons (Fsp3) is 0.353. The number of nitrogens with one attached hydrogen (secondary N) is 1. The summed E-state index contributed by atoms with van der Waals surface area (Å²) in [6, 6.07) is 12.1. The van der Waals surface area contributed by atoms with E-state index < -0.39 is 0 Å². The Hall–Kier alpha value is -2.07. The first-order valence-electron chi connectivity index (χ1n) is 7.15. The molecule has 2 aromatic rings. The van der Waals surface area contributed by atoms with E-state index in [0.717, 1.165) is 29.2 Å². The van der Waals surface area contributed by atoms with Gasteiger partial charge in [-0.25, -0.2) is 0 Å². The van der Waals surface area contributed by atoms with Crippen molar-refractivity contribution in [3.63, 3.8) is 0 Å². The molecule has 0 spiro atoms. The van der Waals surface area contributed by atoms with Crippen molar-refractivity contribution in [1.29, 1.82) is 0 Å². The average Bonchev–Trinajstić information content (AvgIpc) is 2.55. The van der Waals surface area contributed by atoms with Gasteiger partial charge in [0.05, 0.1) is 19.0 Å². The molecule has 1 N–H and O–H groups in total. The van der Waals surface area contributed by atoms with Gasteiger partial charge in [0, 0.05) is 6.04 Å². The highest BCUT2D eigenvalue weighted by Gasteiger charge is 2.07. The summed E-state index contributed by atoms with van der Waals surface area (Å²) < 4.78 is 11.0. The Morgan fingerprint density at radius 2 is 2.05 bits per heavy atom. The molecule has 0 aliphatic heterocycles. The second-order valence-electron chi connectivity index (χ2n) is 4.81. The van der Waals surface area contributed by atoms with Crippen LogP contribution in [0.5, 0.6) is 11.5 Å². The van der Waals surface area contributed by atoms with E-state index in [4.69, 9.17) is 9.47 Å². The van der Waals surface area contributed by atoms with E-state index in [2.05, 4.69) is 17.2 Å². The van der Waals surface area contributed by atoms with E-state index >= 15 is 0 Å². The quantitative estimate of drug-likeness (QED) is 0.847. The molecule has 1 aromatic carbocycles. The summed E-state index contributed by atoms with van der Waals surface area (Å²) in [5, 5.41) is 3.24. The van der Waals surface area contributed by atoms with Crippen molar-refractivity contribution in [3.05, 3.63) is 53.9 Å². The Morgan fingerprint density at radius 3 is 2.67 bits per heavy atom. The Kier molecular flexibility index (Phi) is 5.58. The van der Waals surface area contributed by atoms with E-state index in [1.807, 2.05) is 43.4 Å². The van der Waals surface area contributed by atoms with E-state index in [-0.39, 0.29) is 6.04 Å². The van der Waals surface area contributed by atoms with Gasteiger partial charge in [0.15, 0.2) is 0 Å². The van der Waals surface area contributed by atoms with Gasteiger partial charge in [-0.15, -0.1) is 0 Å². The molecular formula is C17H22N2O2. The first-order chi connectivity index (χ1) is 10.3. The summed E-state index contributed by atoms with van der Waals surface area (Å²) in [7, 11) is 3.61. The fourth-order valence-electron chi connectivity index (χ4n) is 2.17. The topological polar surface area (TPSA) is 43.4 Å². The maximum atomic E-state index is 5.76. The predicted octanol–water partition coefficient (Wildman–Crippen LogP) is 3.34. The third-order valence-electron chi connectivity index (χ3n) is 3.41. The third kappa shape index (κ3) is 4.20. The van der Waals surface area contributed by atoms with Crippen LogP contribution in [0.1, 0.15) is 30.6 Å². The number of hydrogen-bond acceptors (Lipinski definition) is 4. The van der Waals surface area contributed by atoms with E-state index in [1.54, 1.807) is 13.3 Å². The van der Waals surface area contributed by atoms with Crippen molar-refractivity contribution in [2.24, 2.45) is 0 Å². The van der Waals surface area contributed by atoms with Crippen molar-refractivity contribution in [2.75, 3.05) is 14.2 Å². The molecule has 0 radical (unpaired) electrons. The highest BCUT2D eigenvalue weighted by atomic mass is 16.5. The van der Waals surface area contributed by atoms with Crippen LogP contribution < -0.4 is 14.8 Å². The minimum atomic E-state index is 0.289. The minimum Gasteiger partial charge on any atom is -0.497 e. The zero-order valence-corrected chi connectivity index (χ0v) is 12.8. The van der Waals surface area contributed by atoms with Crippen molar-refractivity contribution in [1.82, 2.24) is 10.3 Å².